The van der Waals surface area contributed by atoms with Gasteiger partial charge in [-0.2, -0.15) is 0 Å². The van der Waals surface area contributed by atoms with Crippen LogP contribution in [0, 0.1) is 0 Å². The Morgan fingerprint density at radius 2 is 1.59 bits per heavy atom. The minimum atomic E-state index is -3.74. The molecule has 178 valence electrons. The van der Waals surface area contributed by atoms with E-state index < -0.39 is 10.0 Å². The van der Waals surface area contributed by atoms with Crippen molar-refractivity contribution in [3.05, 3.63) is 71.8 Å². The van der Waals surface area contributed by atoms with Gasteiger partial charge in [-0.3, -0.25) is 9.10 Å². The minimum absolute atomic E-state index is 0.196. The topological polar surface area (TPSA) is 94.2 Å². The molecule has 1 heterocycles. The third kappa shape index (κ3) is 4.38. The summed E-state index contributed by atoms with van der Waals surface area (Å²) in [6, 6.07) is 16.7. The van der Waals surface area contributed by atoms with Crippen molar-refractivity contribution in [2.45, 2.75) is 17.7 Å². The van der Waals surface area contributed by atoms with Crippen LogP contribution in [0.2, 0.25) is 0 Å². The molecule has 3 aromatic carbocycles. The van der Waals surface area contributed by atoms with Crippen LogP contribution in [0.5, 0.6) is 17.2 Å². The molecule has 0 radical (unpaired) electrons. The molecule has 4 rings (SSSR count). The maximum Gasteiger partial charge on any atom is 0.264 e. The van der Waals surface area contributed by atoms with Crippen LogP contribution in [-0.2, 0) is 16.4 Å². The van der Waals surface area contributed by atoms with E-state index >= 15 is 0 Å². The average molecular weight is 483 g/mol. The van der Waals surface area contributed by atoms with Gasteiger partial charge in [0, 0.05) is 12.2 Å². The molecular formula is C25H26N2O6S. The first-order valence-electron chi connectivity index (χ1n) is 10.7. The normalized spacial score (nSPS) is 13.1. The molecule has 9 heteroatoms. The Balaban J connectivity index is 1.62. The summed E-state index contributed by atoms with van der Waals surface area (Å²) in [5.74, 6) is 0.996. The van der Waals surface area contributed by atoms with Crippen molar-refractivity contribution in [1.82, 2.24) is 0 Å². The quantitative estimate of drug-likeness (QED) is 0.545. The number of carbonyl (C=O) groups is 1. The SMILES string of the molecule is COc1ccc(S(=O)(=O)N2CCCc3cc(NC(=O)c4c(OC)cccc4OC)ccc32)cc1. The number of hydrogen-bond donors (Lipinski definition) is 1. The average Bonchev–Trinajstić information content (AvgIpc) is 2.87. The van der Waals surface area contributed by atoms with Crippen molar-refractivity contribution in [3.8, 4) is 17.2 Å². The zero-order chi connectivity index (χ0) is 24.3. The van der Waals surface area contributed by atoms with E-state index in [1.54, 1.807) is 42.5 Å². The van der Waals surface area contributed by atoms with Gasteiger partial charge in [-0.25, -0.2) is 8.42 Å². The van der Waals surface area contributed by atoms with E-state index in [1.807, 2.05) is 6.07 Å². The summed E-state index contributed by atoms with van der Waals surface area (Å²) in [6.07, 6.45) is 1.37. The molecule has 0 fully saturated rings. The maximum atomic E-state index is 13.3. The van der Waals surface area contributed by atoms with Crippen molar-refractivity contribution in [1.29, 1.82) is 0 Å². The molecule has 1 aliphatic rings. The lowest BCUT2D eigenvalue weighted by atomic mass is 10.0. The van der Waals surface area contributed by atoms with Crippen LogP contribution in [0.1, 0.15) is 22.3 Å². The number of nitrogens with zero attached hydrogens (tertiary/aromatic N) is 1. The van der Waals surface area contributed by atoms with E-state index in [9.17, 15) is 13.2 Å². The lowest BCUT2D eigenvalue weighted by molar-refractivity contribution is 0.102. The van der Waals surface area contributed by atoms with Gasteiger partial charge in [0.2, 0.25) is 0 Å². The van der Waals surface area contributed by atoms with Crippen LogP contribution in [0.15, 0.2) is 65.6 Å². The first-order chi connectivity index (χ1) is 16.4. The summed E-state index contributed by atoms with van der Waals surface area (Å²) >= 11 is 0. The van der Waals surface area contributed by atoms with Crippen molar-refractivity contribution in [3.63, 3.8) is 0 Å². The molecule has 1 N–H and O–H groups in total. The van der Waals surface area contributed by atoms with Crippen LogP contribution in [0.25, 0.3) is 0 Å². The second-order valence-corrected chi connectivity index (χ2v) is 9.55. The predicted octanol–water partition coefficient (Wildman–Crippen LogP) is 4.11. The molecule has 0 aliphatic carbocycles. The minimum Gasteiger partial charge on any atom is -0.497 e. The Bertz CT molecular complexity index is 1280. The van der Waals surface area contributed by atoms with Crippen LogP contribution in [0.3, 0.4) is 0 Å². The Labute approximate surface area is 199 Å². The predicted molar refractivity (Wildman–Crippen MR) is 130 cm³/mol. The molecular weight excluding hydrogens is 456 g/mol. The molecule has 0 saturated heterocycles. The third-order valence-electron chi connectivity index (χ3n) is 5.72. The number of ether oxygens (including phenoxy) is 3. The number of carbonyl (C=O) groups excluding carboxylic acids is 1. The van der Waals surface area contributed by atoms with Gasteiger partial charge < -0.3 is 19.5 Å². The molecule has 0 spiro atoms. The van der Waals surface area contributed by atoms with Gasteiger partial charge in [0.15, 0.2) is 0 Å². The highest BCUT2D eigenvalue weighted by molar-refractivity contribution is 7.92. The zero-order valence-corrected chi connectivity index (χ0v) is 20.0. The van der Waals surface area contributed by atoms with E-state index in [0.717, 1.165) is 5.56 Å². The smallest absolute Gasteiger partial charge is 0.264 e. The molecule has 0 atom stereocenters. The van der Waals surface area contributed by atoms with Gasteiger partial charge in [0.25, 0.3) is 15.9 Å². The lowest BCUT2D eigenvalue weighted by Gasteiger charge is -2.31. The summed E-state index contributed by atoms with van der Waals surface area (Å²) in [4.78, 5) is 13.2. The lowest BCUT2D eigenvalue weighted by Crippen LogP contribution is -2.35. The number of aryl methyl sites for hydroxylation is 1. The summed E-state index contributed by atoms with van der Waals surface area (Å²) in [5.41, 5.74) is 2.29. The second kappa shape index (κ2) is 9.64. The molecule has 0 aromatic heterocycles. The first kappa shape index (κ1) is 23.4. The van der Waals surface area contributed by atoms with Gasteiger partial charge in [-0.05, 0) is 73.0 Å². The largest absolute Gasteiger partial charge is 0.497 e. The first-order valence-corrected chi connectivity index (χ1v) is 12.1. The summed E-state index contributed by atoms with van der Waals surface area (Å²) in [5, 5.41) is 2.87. The number of nitrogens with one attached hydrogen (secondary N) is 1. The van der Waals surface area contributed by atoms with Crippen molar-refractivity contribution < 1.29 is 27.4 Å². The third-order valence-corrected chi connectivity index (χ3v) is 7.54. The summed E-state index contributed by atoms with van der Waals surface area (Å²) < 4.78 is 43.8. The Morgan fingerprint density at radius 3 is 2.21 bits per heavy atom. The van der Waals surface area contributed by atoms with Crippen LogP contribution >= 0.6 is 0 Å². The number of hydrogen-bond acceptors (Lipinski definition) is 6. The summed E-state index contributed by atoms with van der Waals surface area (Å²) in [6.45, 7) is 0.380. The Kier molecular flexibility index (Phi) is 6.65. The highest BCUT2D eigenvalue weighted by atomic mass is 32.2. The molecule has 1 amide bonds. The Hall–Kier alpha value is -3.72. The van der Waals surface area contributed by atoms with Crippen molar-refractivity contribution in [2.75, 3.05) is 37.5 Å². The number of sulfonamides is 1. The second-order valence-electron chi connectivity index (χ2n) is 7.69. The van der Waals surface area contributed by atoms with Gasteiger partial charge in [0.1, 0.15) is 22.8 Å². The fraction of sp³-hybridized carbons (Fsp3) is 0.240. The molecule has 34 heavy (non-hydrogen) atoms. The van der Waals surface area contributed by atoms with Crippen molar-refractivity contribution >= 4 is 27.3 Å². The number of amides is 1. The Morgan fingerprint density at radius 1 is 0.912 bits per heavy atom. The highest BCUT2D eigenvalue weighted by Crippen LogP contribution is 2.35. The van der Waals surface area contributed by atoms with E-state index in [4.69, 9.17) is 14.2 Å². The number of fused-ring (bicyclic) bond motifs is 1. The number of benzene rings is 3. The molecule has 8 nitrogen and oxygen atoms in total. The highest BCUT2D eigenvalue weighted by Gasteiger charge is 2.29. The van der Waals surface area contributed by atoms with E-state index in [1.165, 1.54) is 37.8 Å². The molecule has 3 aromatic rings. The van der Waals surface area contributed by atoms with Crippen LogP contribution < -0.4 is 23.8 Å². The fourth-order valence-electron chi connectivity index (χ4n) is 4.03. The zero-order valence-electron chi connectivity index (χ0n) is 19.2. The molecule has 0 bridgehead atoms. The fourth-order valence-corrected chi connectivity index (χ4v) is 5.57. The van der Waals surface area contributed by atoms with Crippen molar-refractivity contribution in [2.24, 2.45) is 0 Å². The van der Waals surface area contributed by atoms with E-state index in [2.05, 4.69) is 5.32 Å². The number of methoxy groups -OCH3 is 3. The molecule has 0 saturated carbocycles. The van der Waals surface area contributed by atoms with E-state index in [0.29, 0.717) is 48.0 Å². The molecule has 0 unspecified atom stereocenters. The van der Waals surface area contributed by atoms with E-state index in [-0.39, 0.29) is 16.4 Å². The monoisotopic (exact) mass is 482 g/mol. The van der Waals surface area contributed by atoms with Crippen LogP contribution in [-0.4, -0.2) is 42.2 Å². The number of anilines is 2. The van der Waals surface area contributed by atoms with Gasteiger partial charge in [-0.15, -0.1) is 0 Å². The standard InChI is InChI=1S/C25H26N2O6S/c1-31-19-10-12-20(13-11-19)34(29,30)27-15-5-6-17-16-18(9-14-21(17)27)26-25(28)24-22(32-2)7-4-8-23(24)33-3/h4,7-14,16H,5-6,15H2,1-3H3,(H,26,28). The van der Waals surface area contributed by atoms with Gasteiger partial charge in [-0.1, -0.05) is 6.07 Å². The maximum absolute atomic E-state index is 13.3. The summed E-state index contributed by atoms with van der Waals surface area (Å²) in [7, 11) is 0.769. The number of rotatable bonds is 7. The molecule has 1 aliphatic heterocycles. The van der Waals surface area contributed by atoms with Gasteiger partial charge in [0.05, 0.1) is 31.9 Å². The van der Waals surface area contributed by atoms with Crippen LogP contribution in [0.4, 0.5) is 11.4 Å². The van der Waals surface area contributed by atoms with Gasteiger partial charge >= 0.3 is 0 Å².